The van der Waals surface area contributed by atoms with Gasteiger partial charge in [-0.25, -0.2) is 0 Å². The summed E-state index contributed by atoms with van der Waals surface area (Å²) in [5.74, 6) is -2.77. The van der Waals surface area contributed by atoms with Crippen LogP contribution in [0.25, 0.3) is 0 Å². The smallest absolute Gasteiger partial charge is 0.303 e. The van der Waals surface area contributed by atoms with Gasteiger partial charge in [-0.3, -0.25) is 19.2 Å². The van der Waals surface area contributed by atoms with Crippen LogP contribution in [0.5, 0.6) is 0 Å². The number of ether oxygens (including phenoxy) is 4. The summed E-state index contributed by atoms with van der Waals surface area (Å²) >= 11 is 0. The van der Waals surface area contributed by atoms with Crippen molar-refractivity contribution < 1.29 is 38.1 Å². The Kier molecular flexibility index (Phi) is 9.07. The SMILES string of the molecule is C=C[C@@H](OC(C)=O)[C@H](OC(C)=O)[C@H](OC(C)=O)[C@@H](C=C)OC(C)=O. The number of carbonyl (C=O) groups excluding carboxylic acids is 4. The highest BCUT2D eigenvalue weighted by Gasteiger charge is 2.41. The van der Waals surface area contributed by atoms with Crippen LogP contribution < -0.4 is 0 Å². The van der Waals surface area contributed by atoms with E-state index in [-0.39, 0.29) is 0 Å². The molecule has 0 radical (unpaired) electrons. The number of esters is 4. The van der Waals surface area contributed by atoms with Gasteiger partial charge in [-0.15, -0.1) is 0 Å². The molecule has 0 fully saturated rings. The summed E-state index contributed by atoms with van der Waals surface area (Å²) in [5, 5.41) is 0. The molecule has 0 N–H and O–H groups in total. The molecule has 0 rings (SSSR count). The molecule has 0 amide bonds. The van der Waals surface area contributed by atoms with E-state index in [0.717, 1.165) is 27.7 Å². The molecule has 4 atom stereocenters. The Balaban J connectivity index is 5.83. The lowest BCUT2D eigenvalue weighted by Gasteiger charge is -2.33. The van der Waals surface area contributed by atoms with Crippen LogP contribution in [-0.2, 0) is 38.1 Å². The second-order valence-corrected chi connectivity index (χ2v) is 4.77. The van der Waals surface area contributed by atoms with Crippen LogP contribution in [0.15, 0.2) is 25.3 Å². The first kappa shape index (κ1) is 21.4. The van der Waals surface area contributed by atoms with Crippen molar-refractivity contribution >= 4 is 23.9 Å². The van der Waals surface area contributed by atoms with Crippen LogP contribution in [0.4, 0.5) is 0 Å². The monoisotopic (exact) mass is 342 g/mol. The molecule has 0 aromatic carbocycles. The molecule has 0 aromatic rings. The van der Waals surface area contributed by atoms with Crippen molar-refractivity contribution in [2.45, 2.75) is 52.1 Å². The predicted molar refractivity (Wildman–Crippen MR) is 82.6 cm³/mol. The quantitative estimate of drug-likeness (QED) is 0.348. The van der Waals surface area contributed by atoms with E-state index in [2.05, 4.69) is 13.2 Å². The number of hydrogen-bond acceptors (Lipinski definition) is 8. The van der Waals surface area contributed by atoms with Gasteiger partial charge in [-0.1, -0.05) is 13.2 Å². The Bertz CT molecular complexity index is 464. The molecular formula is C16H22O8. The molecule has 0 heterocycles. The highest BCUT2D eigenvalue weighted by Crippen LogP contribution is 2.20. The third-order valence-electron chi connectivity index (χ3n) is 2.64. The maximum Gasteiger partial charge on any atom is 0.303 e. The molecule has 0 saturated carbocycles. The predicted octanol–water partition coefficient (Wildman–Crippen LogP) is 1.09. The molecule has 134 valence electrons. The van der Waals surface area contributed by atoms with Gasteiger partial charge in [-0.2, -0.15) is 0 Å². The van der Waals surface area contributed by atoms with E-state index in [0.29, 0.717) is 0 Å². The van der Waals surface area contributed by atoms with E-state index in [1.54, 1.807) is 0 Å². The molecule has 24 heavy (non-hydrogen) atoms. The van der Waals surface area contributed by atoms with Crippen molar-refractivity contribution in [1.29, 1.82) is 0 Å². The fourth-order valence-electron chi connectivity index (χ4n) is 1.91. The maximum absolute atomic E-state index is 11.4. The summed E-state index contributed by atoms with van der Waals surface area (Å²) in [7, 11) is 0. The van der Waals surface area contributed by atoms with E-state index >= 15 is 0 Å². The normalized spacial score (nSPS) is 15.0. The van der Waals surface area contributed by atoms with Crippen molar-refractivity contribution in [1.82, 2.24) is 0 Å². The van der Waals surface area contributed by atoms with Gasteiger partial charge in [0, 0.05) is 27.7 Å². The van der Waals surface area contributed by atoms with Gasteiger partial charge in [0.25, 0.3) is 0 Å². The third kappa shape index (κ3) is 7.57. The average Bonchev–Trinajstić information content (AvgIpc) is 2.45. The molecule has 0 aliphatic rings. The Labute approximate surface area is 140 Å². The van der Waals surface area contributed by atoms with Gasteiger partial charge in [-0.05, 0) is 12.2 Å². The lowest BCUT2D eigenvalue weighted by Crippen LogP contribution is -2.50. The Morgan fingerprint density at radius 3 is 1.04 bits per heavy atom. The first-order valence-corrected chi connectivity index (χ1v) is 7.06. The highest BCUT2D eigenvalue weighted by molar-refractivity contribution is 5.69. The minimum Gasteiger partial charge on any atom is -0.454 e. The van der Waals surface area contributed by atoms with Crippen molar-refractivity contribution in [2.75, 3.05) is 0 Å². The second-order valence-electron chi connectivity index (χ2n) is 4.77. The molecule has 8 nitrogen and oxygen atoms in total. The summed E-state index contributed by atoms with van der Waals surface area (Å²) in [5.41, 5.74) is 0. The number of rotatable bonds is 9. The zero-order valence-electron chi connectivity index (χ0n) is 14.1. The summed E-state index contributed by atoms with van der Waals surface area (Å²) < 4.78 is 20.3. The van der Waals surface area contributed by atoms with E-state index in [1.807, 2.05) is 0 Å². The molecule has 0 aliphatic heterocycles. The molecule has 0 aromatic heterocycles. The minimum atomic E-state index is -1.28. The maximum atomic E-state index is 11.4. The van der Waals surface area contributed by atoms with E-state index in [1.165, 1.54) is 12.2 Å². The molecular weight excluding hydrogens is 320 g/mol. The standard InChI is InChI=1S/C16H22O8/c1-7-13(21-9(3)17)15(23-11(5)19)16(24-12(6)20)14(8-2)22-10(4)18/h7-8,13-16H,1-2H2,3-6H3/t13-,14-,15-,16+/m1/s1. The van der Waals surface area contributed by atoms with E-state index in [4.69, 9.17) is 18.9 Å². The topological polar surface area (TPSA) is 105 Å². The van der Waals surface area contributed by atoms with Gasteiger partial charge in [0.05, 0.1) is 0 Å². The van der Waals surface area contributed by atoms with Crippen molar-refractivity contribution in [3.63, 3.8) is 0 Å². The van der Waals surface area contributed by atoms with E-state index in [9.17, 15) is 19.2 Å². The fourth-order valence-corrected chi connectivity index (χ4v) is 1.91. The zero-order valence-corrected chi connectivity index (χ0v) is 14.1. The Morgan fingerprint density at radius 1 is 0.625 bits per heavy atom. The largest absolute Gasteiger partial charge is 0.454 e. The fraction of sp³-hybridized carbons (Fsp3) is 0.500. The molecule has 8 heteroatoms. The first-order chi connectivity index (χ1) is 11.1. The number of hydrogen-bond donors (Lipinski definition) is 0. The lowest BCUT2D eigenvalue weighted by atomic mass is 10.0. The summed E-state index contributed by atoms with van der Waals surface area (Å²) in [6.07, 6.45) is -2.41. The number of carbonyl (C=O) groups is 4. The lowest BCUT2D eigenvalue weighted by molar-refractivity contribution is -0.190. The van der Waals surface area contributed by atoms with Gasteiger partial charge in [0.15, 0.2) is 24.4 Å². The van der Waals surface area contributed by atoms with Crippen molar-refractivity contribution in [3.8, 4) is 0 Å². The van der Waals surface area contributed by atoms with Crippen LogP contribution >= 0.6 is 0 Å². The average molecular weight is 342 g/mol. The molecule has 0 aliphatic carbocycles. The summed E-state index contributed by atoms with van der Waals surface area (Å²) in [6.45, 7) is 11.6. The minimum absolute atomic E-state index is 0.665. The third-order valence-corrected chi connectivity index (χ3v) is 2.64. The molecule has 0 bridgehead atoms. The van der Waals surface area contributed by atoms with Crippen LogP contribution in [0.2, 0.25) is 0 Å². The van der Waals surface area contributed by atoms with Crippen LogP contribution in [0.3, 0.4) is 0 Å². The van der Waals surface area contributed by atoms with Crippen LogP contribution in [0, 0.1) is 0 Å². The van der Waals surface area contributed by atoms with Gasteiger partial charge < -0.3 is 18.9 Å². The summed E-state index contributed by atoms with van der Waals surface area (Å²) in [4.78, 5) is 45.3. The first-order valence-electron chi connectivity index (χ1n) is 7.06. The second kappa shape index (κ2) is 10.2. The Hall–Kier alpha value is -2.64. The van der Waals surface area contributed by atoms with Gasteiger partial charge in [0.2, 0.25) is 0 Å². The van der Waals surface area contributed by atoms with Crippen LogP contribution in [-0.4, -0.2) is 48.3 Å². The van der Waals surface area contributed by atoms with Gasteiger partial charge >= 0.3 is 23.9 Å². The van der Waals surface area contributed by atoms with Crippen molar-refractivity contribution in [2.24, 2.45) is 0 Å². The molecule has 0 unspecified atom stereocenters. The molecule has 0 saturated heterocycles. The zero-order chi connectivity index (χ0) is 18.9. The molecule has 0 spiro atoms. The summed E-state index contributed by atoms with van der Waals surface area (Å²) in [6, 6.07) is 0. The van der Waals surface area contributed by atoms with E-state index < -0.39 is 48.3 Å². The van der Waals surface area contributed by atoms with Crippen LogP contribution in [0.1, 0.15) is 27.7 Å². The van der Waals surface area contributed by atoms with Crippen molar-refractivity contribution in [3.05, 3.63) is 25.3 Å². The van der Waals surface area contributed by atoms with Gasteiger partial charge in [0.1, 0.15) is 0 Å². The Morgan fingerprint density at radius 2 is 0.875 bits per heavy atom. The highest BCUT2D eigenvalue weighted by atomic mass is 16.6.